The van der Waals surface area contributed by atoms with Gasteiger partial charge in [-0.25, -0.2) is 0 Å². The van der Waals surface area contributed by atoms with Crippen LogP contribution in [-0.4, -0.2) is 9.13 Å². The van der Waals surface area contributed by atoms with E-state index in [1.165, 1.54) is 71.7 Å². The second kappa shape index (κ2) is 8.34. The van der Waals surface area contributed by atoms with Gasteiger partial charge in [0.05, 0.1) is 22.1 Å². The minimum atomic E-state index is 1.09. The van der Waals surface area contributed by atoms with Crippen molar-refractivity contribution in [1.82, 2.24) is 9.13 Å². The quantitative estimate of drug-likeness (QED) is 0.185. The zero-order chi connectivity index (χ0) is 25.4. The van der Waals surface area contributed by atoms with Crippen molar-refractivity contribution in [1.29, 1.82) is 0 Å². The van der Waals surface area contributed by atoms with E-state index in [2.05, 4.69) is 153 Å². The normalized spacial score (nSPS) is 11.9. The van der Waals surface area contributed by atoms with Crippen molar-refractivity contribution in [3.8, 4) is 11.4 Å². The molecule has 0 aliphatic heterocycles. The summed E-state index contributed by atoms with van der Waals surface area (Å²) in [5, 5.41) is 5.06. The monoisotopic (exact) mass is 606 g/mol. The van der Waals surface area contributed by atoms with Crippen molar-refractivity contribution in [3.63, 3.8) is 0 Å². The summed E-state index contributed by atoms with van der Waals surface area (Å²) in [5.41, 5.74) is 11.0. The summed E-state index contributed by atoms with van der Waals surface area (Å²) in [4.78, 5) is 0. The van der Waals surface area contributed by atoms with E-state index in [9.17, 15) is 0 Å². The minimum absolute atomic E-state index is 1.09. The van der Waals surface area contributed by atoms with Crippen molar-refractivity contribution in [2.75, 3.05) is 0 Å². The number of aryl methyl sites for hydroxylation is 3. The minimum Gasteiger partial charge on any atom is -0.309 e. The van der Waals surface area contributed by atoms with E-state index in [4.69, 9.17) is 0 Å². The van der Waals surface area contributed by atoms with Crippen LogP contribution in [0.2, 0.25) is 0 Å². The number of fused-ring (bicyclic) bond motifs is 6. The largest absolute Gasteiger partial charge is 0.309 e. The van der Waals surface area contributed by atoms with Crippen molar-refractivity contribution in [2.24, 2.45) is 0 Å². The van der Waals surface area contributed by atoms with Gasteiger partial charge in [0.15, 0.2) is 0 Å². The third-order valence-electron chi connectivity index (χ3n) is 7.33. The number of hydrogen-bond donors (Lipinski definition) is 0. The molecule has 0 saturated heterocycles. The van der Waals surface area contributed by atoms with E-state index in [-0.39, 0.29) is 0 Å². The van der Waals surface area contributed by atoms with Crippen molar-refractivity contribution >= 4 is 75.5 Å². The van der Waals surface area contributed by atoms with Crippen LogP contribution >= 0.6 is 31.9 Å². The van der Waals surface area contributed by atoms with E-state index in [1.807, 2.05) is 0 Å². The van der Waals surface area contributed by atoms with Gasteiger partial charge in [-0.1, -0.05) is 55.1 Å². The maximum absolute atomic E-state index is 3.69. The van der Waals surface area contributed by atoms with Crippen molar-refractivity contribution in [3.05, 3.63) is 117 Å². The van der Waals surface area contributed by atoms with Gasteiger partial charge in [-0.2, -0.15) is 0 Å². The summed E-state index contributed by atoms with van der Waals surface area (Å²) in [6.07, 6.45) is 0. The van der Waals surface area contributed by atoms with E-state index in [0.717, 1.165) is 8.95 Å². The molecule has 0 bridgehead atoms. The zero-order valence-corrected chi connectivity index (χ0v) is 24.0. The first-order valence-electron chi connectivity index (χ1n) is 12.4. The molecule has 0 spiro atoms. The molecule has 37 heavy (non-hydrogen) atoms. The predicted molar refractivity (Wildman–Crippen MR) is 165 cm³/mol. The van der Waals surface area contributed by atoms with Crippen LogP contribution in [0.15, 0.2) is 99.9 Å². The molecule has 7 aromatic rings. The van der Waals surface area contributed by atoms with Gasteiger partial charge < -0.3 is 9.13 Å². The molecule has 0 aliphatic rings. The molecular formula is C33H24Br2N2. The number of benzene rings is 5. The molecule has 2 heterocycles. The molecule has 5 aromatic carbocycles. The maximum Gasteiger partial charge on any atom is 0.0541 e. The molecule has 2 aromatic heterocycles. The second-order valence-corrected chi connectivity index (χ2v) is 11.9. The van der Waals surface area contributed by atoms with Crippen LogP contribution in [0.4, 0.5) is 0 Å². The SMILES string of the molecule is Cc1cc(-n2c3ccc(C)cc3c3cc(Br)ccc32)cc(-n2c3ccc(C)cc3c3cc(Br)ccc32)c1. The zero-order valence-electron chi connectivity index (χ0n) is 20.8. The Morgan fingerprint density at radius 1 is 0.405 bits per heavy atom. The maximum atomic E-state index is 3.69. The lowest BCUT2D eigenvalue weighted by Gasteiger charge is -2.14. The summed E-state index contributed by atoms with van der Waals surface area (Å²) in [7, 11) is 0. The molecule has 0 amide bonds. The van der Waals surface area contributed by atoms with Crippen LogP contribution in [0, 0.1) is 20.8 Å². The highest BCUT2D eigenvalue weighted by Gasteiger charge is 2.17. The Labute approximate surface area is 232 Å². The molecule has 0 atom stereocenters. The Morgan fingerprint density at radius 2 is 0.784 bits per heavy atom. The Morgan fingerprint density at radius 3 is 1.22 bits per heavy atom. The lowest BCUT2D eigenvalue weighted by molar-refractivity contribution is 1.12. The Hall–Kier alpha value is -3.34. The Balaban J connectivity index is 1.57. The van der Waals surface area contributed by atoms with Crippen LogP contribution < -0.4 is 0 Å². The van der Waals surface area contributed by atoms with Crippen LogP contribution in [0.3, 0.4) is 0 Å². The number of nitrogens with zero attached hydrogens (tertiary/aromatic N) is 2. The number of hydrogen-bond acceptors (Lipinski definition) is 0. The molecule has 0 unspecified atom stereocenters. The average Bonchev–Trinajstić information content (AvgIpc) is 3.35. The highest BCUT2D eigenvalue weighted by atomic mass is 79.9. The molecule has 7 rings (SSSR count). The first kappa shape index (κ1) is 22.8. The first-order chi connectivity index (χ1) is 17.9. The fourth-order valence-electron chi connectivity index (χ4n) is 5.78. The fraction of sp³-hybridized carbons (Fsp3) is 0.0909. The number of aromatic nitrogens is 2. The summed E-state index contributed by atoms with van der Waals surface area (Å²) in [5.74, 6) is 0. The van der Waals surface area contributed by atoms with Crippen molar-refractivity contribution in [2.45, 2.75) is 20.8 Å². The third kappa shape index (κ3) is 3.58. The van der Waals surface area contributed by atoms with Crippen LogP contribution in [0.25, 0.3) is 55.0 Å². The van der Waals surface area contributed by atoms with E-state index >= 15 is 0 Å². The van der Waals surface area contributed by atoms with Crippen LogP contribution in [-0.2, 0) is 0 Å². The fourth-order valence-corrected chi connectivity index (χ4v) is 6.50. The average molecular weight is 608 g/mol. The summed E-state index contributed by atoms with van der Waals surface area (Å²) >= 11 is 7.38. The highest BCUT2D eigenvalue weighted by Crippen LogP contribution is 2.38. The molecule has 0 radical (unpaired) electrons. The van der Waals surface area contributed by atoms with E-state index < -0.39 is 0 Å². The first-order valence-corrected chi connectivity index (χ1v) is 14.0. The van der Waals surface area contributed by atoms with Crippen molar-refractivity contribution < 1.29 is 0 Å². The molecule has 180 valence electrons. The topological polar surface area (TPSA) is 9.86 Å². The summed E-state index contributed by atoms with van der Waals surface area (Å²) in [6, 6.07) is 33.6. The van der Waals surface area contributed by atoms with Gasteiger partial charge in [0.25, 0.3) is 0 Å². The van der Waals surface area contributed by atoms with Gasteiger partial charge in [0.2, 0.25) is 0 Å². The van der Waals surface area contributed by atoms with Gasteiger partial charge in [0.1, 0.15) is 0 Å². The number of rotatable bonds is 2. The van der Waals surface area contributed by atoms with Gasteiger partial charge in [-0.15, -0.1) is 0 Å². The summed E-state index contributed by atoms with van der Waals surface area (Å²) in [6.45, 7) is 6.51. The van der Waals surface area contributed by atoms with Gasteiger partial charge >= 0.3 is 0 Å². The standard InChI is InChI=1S/C33H24Br2N2/c1-19-4-8-30-26(14-19)28-16-22(34)6-10-32(28)36(30)24-12-21(3)13-25(18-24)37-31-9-5-20(2)15-27(31)29-17-23(35)7-11-33(29)37/h4-18H,1-3H3. The van der Waals surface area contributed by atoms with Crippen LogP contribution in [0.1, 0.15) is 16.7 Å². The van der Waals surface area contributed by atoms with Gasteiger partial charge in [-0.3, -0.25) is 0 Å². The van der Waals surface area contributed by atoms with E-state index in [1.54, 1.807) is 0 Å². The molecular weight excluding hydrogens is 584 g/mol. The molecule has 0 aliphatic carbocycles. The molecule has 4 heteroatoms. The number of halogens is 2. The smallest absolute Gasteiger partial charge is 0.0541 e. The molecule has 0 saturated carbocycles. The summed E-state index contributed by atoms with van der Waals surface area (Å²) < 4.78 is 7.00. The second-order valence-electron chi connectivity index (χ2n) is 10.1. The lowest BCUT2D eigenvalue weighted by Crippen LogP contribution is -2.00. The lowest BCUT2D eigenvalue weighted by atomic mass is 10.1. The van der Waals surface area contributed by atoms with E-state index in [0.29, 0.717) is 0 Å². The molecule has 0 fully saturated rings. The van der Waals surface area contributed by atoms with Gasteiger partial charge in [-0.05, 0) is 105 Å². The third-order valence-corrected chi connectivity index (χ3v) is 8.32. The molecule has 2 nitrogen and oxygen atoms in total. The van der Waals surface area contributed by atoms with Gasteiger partial charge in [0, 0.05) is 41.9 Å². The predicted octanol–water partition coefficient (Wildman–Crippen LogP) is 10.3. The Kier molecular flexibility index (Phi) is 5.14. The highest BCUT2D eigenvalue weighted by molar-refractivity contribution is 9.10. The Bertz CT molecular complexity index is 1780. The molecule has 0 N–H and O–H groups in total. The van der Waals surface area contributed by atoms with Crippen LogP contribution in [0.5, 0.6) is 0 Å².